The molecule has 98 valence electrons. The van der Waals surface area contributed by atoms with Crippen molar-refractivity contribution >= 4 is 0 Å². The molecular formula is C14H28N3+. The van der Waals surface area contributed by atoms with Gasteiger partial charge in [-0.1, -0.05) is 0 Å². The summed E-state index contributed by atoms with van der Waals surface area (Å²) in [5, 5.41) is 3.51. The Morgan fingerprint density at radius 2 is 1.76 bits per heavy atom. The van der Waals surface area contributed by atoms with Crippen molar-refractivity contribution in [3.05, 3.63) is 18.7 Å². The van der Waals surface area contributed by atoms with Crippen LogP contribution in [0.5, 0.6) is 0 Å². The number of aromatic nitrogens is 2. The van der Waals surface area contributed by atoms with Crippen LogP contribution in [0.4, 0.5) is 0 Å². The first-order valence-corrected chi connectivity index (χ1v) is 6.51. The zero-order valence-corrected chi connectivity index (χ0v) is 12.2. The van der Waals surface area contributed by atoms with Gasteiger partial charge in [-0.2, -0.15) is 0 Å². The zero-order valence-electron chi connectivity index (χ0n) is 12.2. The van der Waals surface area contributed by atoms with Gasteiger partial charge in [0.05, 0.1) is 6.54 Å². The molecule has 0 saturated heterocycles. The van der Waals surface area contributed by atoms with Crippen LogP contribution < -0.4 is 9.88 Å². The number of nitrogens with one attached hydrogen (secondary N) is 1. The van der Waals surface area contributed by atoms with Gasteiger partial charge in [-0.15, -0.1) is 0 Å². The van der Waals surface area contributed by atoms with E-state index in [-0.39, 0.29) is 11.1 Å². The molecule has 0 unspecified atom stereocenters. The van der Waals surface area contributed by atoms with Crippen molar-refractivity contribution in [3.8, 4) is 0 Å². The lowest BCUT2D eigenvalue weighted by Gasteiger charge is -2.19. The molecule has 0 aliphatic rings. The molecule has 0 radical (unpaired) electrons. The fourth-order valence-corrected chi connectivity index (χ4v) is 1.65. The molecule has 0 saturated carbocycles. The number of imidazole rings is 1. The van der Waals surface area contributed by atoms with Gasteiger partial charge in [-0.3, -0.25) is 0 Å². The lowest BCUT2D eigenvalue weighted by atomic mass is 10.1. The molecule has 0 bridgehead atoms. The van der Waals surface area contributed by atoms with Gasteiger partial charge in [0.25, 0.3) is 0 Å². The van der Waals surface area contributed by atoms with Crippen molar-refractivity contribution in [1.82, 2.24) is 9.88 Å². The zero-order chi connectivity index (χ0) is 13.1. The van der Waals surface area contributed by atoms with Crippen molar-refractivity contribution in [2.45, 2.75) is 65.6 Å². The maximum atomic E-state index is 3.51. The van der Waals surface area contributed by atoms with Gasteiger partial charge in [0.15, 0.2) is 0 Å². The van der Waals surface area contributed by atoms with Crippen molar-refractivity contribution in [1.29, 1.82) is 0 Å². The predicted octanol–water partition coefficient (Wildman–Crippen LogP) is 2.31. The van der Waals surface area contributed by atoms with Gasteiger partial charge < -0.3 is 5.32 Å². The van der Waals surface area contributed by atoms with E-state index in [9.17, 15) is 0 Å². The predicted molar refractivity (Wildman–Crippen MR) is 72.0 cm³/mol. The highest BCUT2D eigenvalue weighted by atomic mass is 15.1. The normalized spacial score (nSPS) is 13.1. The van der Waals surface area contributed by atoms with Crippen molar-refractivity contribution in [2.75, 3.05) is 6.54 Å². The van der Waals surface area contributed by atoms with E-state index in [1.54, 1.807) is 0 Å². The lowest BCUT2D eigenvalue weighted by molar-refractivity contribution is -0.696. The van der Waals surface area contributed by atoms with E-state index < -0.39 is 0 Å². The number of hydrogen-bond acceptors (Lipinski definition) is 1. The average Bonchev–Trinajstić information content (AvgIpc) is 2.58. The fourth-order valence-electron chi connectivity index (χ4n) is 1.65. The summed E-state index contributed by atoms with van der Waals surface area (Å²) in [6, 6.07) is 0. The van der Waals surface area contributed by atoms with E-state index in [0.29, 0.717) is 0 Å². The minimum absolute atomic E-state index is 0.176. The number of aryl methyl sites for hydroxylation is 1. The van der Waals surface area contributed by atoms with Crippen LogP contribution in [-0.2, 0) is 12.1 Å². The SMILES string of the molecule is CC(C)(C)NCCC[n+]1ccn(C(C)(C)C)c1. The molecule has 0 aliphatic heterocycles. The Morgan fingerprint density at radius 3 is 2.24 bits per heavy atom. The Morgan fingerprint density at radius 1 is 1.12 bits per heavy atom. The van der Waals surface area contributed by atoms with Gasteiger partial charge in [-0.05, 0) is 54.5 Å². The molecule has 0 amide bonds. The van der Waals surface area contributed by atoms with Crippen LogP contribution in [0, 0.1) is 0 Å². The summed E-state index contributed by atoms with van der Waals surface area (Å²) in [5.74, 6) is 0. The van der Waals surface area contributed by atoms with Crippen LogP contribution in [-0.4, -0.2) is 16.7 Å². The second-order valence-electron chi connectivity index (χ2n) is 6.76. The van der Waals surface area contributed by atoms with Gasteiger partial charge in [0.1, 0.15) is 17.9 Å². The Balaban J connectivity index is 2.36. The molecule has 0 aromatic carbocycles. The smallest absolute Gasteiger partial charge is 0.244 e. The van der Waals surface area contributed by atoms with E-state index in [1.807, 2.05) is 0 Å². The molecule has 17 heavy (non-hydrogen) atoms. The van der Waals surface area contributed by atoms with Crippen LogP contribution in [0.25, 0.3) is 0 Å². The topological polar surface area (TPSA) is 20.8 Å². The Bertz CT molecular complexity index is 339. The molecule has 1 aromatic heterocycles. The Hall–Kier alpha value is -0.830. The van der Waals surface area contributed by atoms with Crippen molar-refractivity contribution in [2.24, 2.45) is 0 Å². The molecule has 0 atom stereocenters. The second-order valence-corrected chi connectivity index (χ2v) is 6.76. The standard InChI is InChI=1S/C14H28N3/c1-13(2,3)15-8-7-9-16-10-11-17(12-16)14(4,5)6/h10-12,15H,7-9H2,1-6H3/q+1. The molecule has 0 aliphatic carbocycles. The third-order valence-corrected chi connectivity index (χ3v) is 2.71. The third-order valence-electron chi connectivity index (χ3n) is 2.71. The van der Waals surface area contributed by atoms with E-state index >= 15 is 0 Å². The highest BCUT2D eigenvalue weighted by Crippen LogP contribution is 2.11. The van der Waals surface area contributed by atoms with E-state index in [2.05, 4.69) is 74.7 Å². The Kier molecular flexibility index (Phi) is 4.36. The highest BCUT2D eigenvalue weighted by molar-refractivity contribution is 4.78. The van der Waals surface area contributed by atoms with Crippen LogP contribution in [0.3, 0.4) is 0 Å². The molecule has 1 aromatic rings. The summed E-state index contributed by atoms with van der Waals surface area (Å²) in [7, 11) is 0. The molecule has 0 fully saturated rings. The van der Waals surface area contributed by atoms with Crippen LogP contribution in [0.2, 0.25) is 0 Å². The molecule has 0 spiro atoms. The van der Waals surface area contributed by atoms with Gasteiger partial charge in [-0.25, -0.2) is 9.13 Å². The number of hydrogen-bond donors (Lipinski definition) is 1. The summed E-state index contributed by atoms with van der Waals surface area (Å²) in [6.45, 7) is 15.4. The number of rotatable bonds is 4. The largest absolute Gasteiger partial charge is 0.312 e. The van der Waals surface area contributed by atoms with Crippen molar-refractivity contribution < 1.29 is 4.57 Å². The summed E-state index contributed by atoms with van der Waals surface area (Å²) < 4.78 is 4.51. The van der Waals surface area contributed by atoms with E-state index in [4.69, 9.17) is 0 Å². The third kappa shape index (κ3) is 5.35. The van der Waals surface area contributed by atoms with E-state index in [1.165, 1.54) is 0 Å². The maximum absolute atomic E-state index is 3.51. The summed E-state index contributed by atoms with van der Waals surface area (Å²) in [6.07, 6.45) is 7.66. The maximum Gasteiger partial charge on any atom is 0.244 e. The van der Waals surface area contributed by atoms with Crippen LogP contribution >= 0.6 is 0 Å². The first-order chi connectivity index (χ1) is 7.68. The Labute approximate surface area is 106 Å². The van der Waals surface area contributed by atoms with Gasteiger partial charge in [0.2, 0.25) is 6.33 Å². The molecule has 3 nitrogen and oxygen atoms in total. The fraction of sp³-hybridized carbons (Fsp3) is 0.786. The molecule has 3 heteroatoms. The summed E-state index contributed by atoms with van der Waals surface area (Å²) in [5.41, 5.74) is 0.400. The highest BCUT2D eigenvalue weighted by Gasteiger charge is 2.18. The van der Waals surface area contributed by atoms with Gasteiger partial charge >= 0.3 is 0 Å². The monoisotopic (exact) mass is 238 g/mol. The van der Waals surface area contributed by atoms with Gasteiger partial charge in [0, 0.05) is 5.54 Å². The molecule has 1 heterocycles. The van der Waals surface area contributed by atoms with Crippen molar-refractivity contribution in [3.63, 3.8) is 0 Å². The molecular weight excluding hydrogens is 210 g/mol. The summed E-state index contributed by atoms with van der Waals surface area (Å²) in [4.78, 5) is 0. The molecule has 1 rings (SSSR count). The minimum Gasteiger partial charge on any atom is -0.312 e. The van der Waals surface area contributed by atoms with E-state index in [0.717, 1.165) is 19.5 Å². The quantitative estimate of drug-likeness (QED) is 0.630. The summed E-state index contributed by atoms with van der Waals surface area (Å²) >= 11 is 0. The minimum atomic E-state index is 0.176. The molecule has 1 N–H and O–H groups in total. The second kappa shape index (κ2) is 5.21. The lowest BCUT2D eigenvalue weighted by Crippen LogP contribution is -2.39. The van der Waals surface area contributed by atoms with Crippen LogP contribution in [0.15, 0.2) is 18.7 Å². The average molecular weight is 238 g/mol. The van der Waals surface area contributed by atoms with Crippen LogP contribution in [0.1, 0.15) is 48.0 Å². The first-order valence-electron chi connectivity index (χ1n) is 6.51. The first kappa shape index (κ1) is 14.2. The number of nitrogens with zero attached hydrogens (tertiary/aromatic N) is 2.